The Balaban J connectivity index is 1.58. The second kappa shape index (κ2) is 13.7. The van der Waals surface area contributed by atoms with Crippen LogP contribution in [0.1, 0.15) is 79.3 Å². The molecule has 0 bridgehead atoms. The molecule has 2 atom stereocenters. The number of rotatable bonds is 11. The summed E-state index contributed by atoms with van der Waals surface area (Å²) in [6.45, 7) is 5.45. The van der Waals surface area contributed by atoms with Gasteiger partial charge in [0.25, 0.3) is 5.91 Å². The summed E-state index contributed by atoms with van der Waals surface area (Å²) in [6, 6.07) is 13.6. The highest BCUT2D eigenvalue weighted by molar-refractivity contribution is 7.90. The fourth-order valence-corrected chi connectivity index (χ4v) is 6.15. The number of benzene rings is 2. The second-order valence-electron chi connectivity index (χ2n) is 12.6. The van der Waals surface area contributed by atoms with Gasteiger partial charge in [-0.1, -0.05) is 37.1 Å². The third-order valence-electron chi connectivity index (χ3n) is 8.03. The molecule has 15 heteroatoms. The molecule has 254 valence electrons. The second-order valence-corrected chi connectivity index (χ2v) is 14.6. The van der Waals surface area contributed by atoms with Crippen LogP contribution in [-0.2, 0) is 23.1 Å². The molecule has 5 rings (SSSR count). The highest BCUT2D eigenvalue weighted by atomic mass is 32.2. The molecule has 4 aromatic rings. The fraction of sp³-hybridized carbons (Fsp3) is 0.333. The summed E-state index contributed by atoms with van der Waals surface area (Å²) in [6.07, 6.45) is 1.68. The number of anilines is 1. The van der Waals surface area contributed by atoms with Crippen molar-refractivity contribution in [3.8, 4) is 5.69 Å². The van der Waals surface area contributed by atoms with E-state index in [1.54, 1.807) is 23.9 Å². The number of halogens is 4. The van der Waals surface area contributed by atoms with Crippen LogP contribution in [0, 0.1) is 17.1 Å². The van der Waals surface area contributed by atoms with Gasteiger partial charge < -0.3 is 9.87 Å². The Hall–Kier alpha value is -4.31. The molecule has 0 spiro atoms. The minimum atomic E-state index is -4.92. The van der Waals surface area contributed by atoms with Crippen molar-refractivity contribution in [2.24, 2.45) is 5.92 Å². The number of hydrogen-bond donors (Lipinski definition) is 5. The van der Waals surface area contributed by atoms with E-state index in [1.165, 1.54) is 36.4 Å². The lowest BCUT2D eigenvalue weighted by atomic mass is 9.80. The van der Waals surface area contributed by atoms with Crippen molar-refractivity contribution >= 4 is 28.8 Å². The van der Waals surface area contributed by atoms with Crippen LogP contribution in [-0.4, -0.2) is 41.0 Å². The van der Waals surface area contributed by atoms with Gasteiger partial charge in [-0.15, -0.1) is 4.72 Å². The molecular weight excluding hydrogens is 650 g/mol. The van der Waals surface area contributed by atoms with E-state index >= 15 is 4.39 Å². The number of nitrogens with one attached hydrogen (secondary N) is 4. The Bertz CT molecular complexity index is 1790. The molecule has 48 heavy (non-hydrogen) atoms. The Labute approximate surface area is 277 Å². The zero-order valence-corrected chi connectivity index (χ0v) is 27.2. The molecule has 2 heterocycles. The van der Waals surface area contributed by atoms with Crippen molar-refractivity contribution in [2.45, 2.75) is 62.9 Å². The Morgan fingerprint density at radius 3 is 2.46 bits per heavy atom. The average molecular weight is 686 g/mol. The minimum absolute atomic E-state index is 0.0214. The number of alkyl halides is 3. The van der Waals surface area contributed by atoms with Crippen LogP contribution in [0.4, 0.5) is 23.2 Å². The smallest absolute Gasteiger partial charge is 0.435 e. The first kappa shape index (κ1) is 35.0. The van der Waals surface area contributed by atoms with Gasteiger partial charge in [0.2, 0.25) is 0 Å². The first-order chi connectivity index (χ1) is 22.6. The molecule has 2 aromatic carbocycles. The number of nitrogens with zero attached hydrogens (tertiary/aromatic N) is 3. The highest BCUT2D eigenvalue weighted by Crippen LogP contribution is 2.43. The maximum atomic E-state index is 15.4. The summed E-state index contributed by atoms with van der Waals surface area (Å²) in [7, 11) is 0. The molecule has 0 saturated heterocycles. The molecule has 5 N–H and O–H groups in total. The molecule has 1 amide bonds. The van der Waals surface area contributed by atoms with E-state index in [0.29, 0.717) is 29.5 Å². The van der Waals surface area contributed by atoms with Crippen LogP contribution in [0.2, 0.25) is 0 Å². The van der Waals surface area contributed by atoms with E-state index < -0.39 is 56.8 Å². The molecule has 10 nitrogen and oxygen atoms in total. The van der Waals surface area contributed by atoms with Crippen LogP contribution >= 0.6 is 0 Å². The zero-order chi connectivity index (χ0) is 34.9. The van der Waals surface area contributed by atoms with Gasteiger partial charge in [0.1, 0.15) is 27.6 Å². The van der Waals surface area contributed by atoms with Crippen molar-refractivity contribution in [2.75, 3.05) is 5.32 Å². The van der Waals surface area contributed by atoms with Gasteiger partial charge >= 0.3 is 6.18 Å². The van der Waals surface area contributed by atoms with E-state index in [-0.39, 0.29) is 16.9 Å². The van der Waals surface area contributed by atoms with Crippen molar-refractivity contribution in [3.05, 3.63) is 107 Å². The topological polar surface area (TPSA) is 151 Å². The van der Waals surface area contributed by atoms with Crippen LogP contribution < -0.4 is 15.5 Å². The van der Waals surface area contributed by atoms with Crippen molar-refractivity contribution in [3.63, 3.8) is 0 Å². The number of carbonyl (C=O) groups is 1. The summed E-state index contributed by atoms with van der Waals surface area (Å²) in [5.74, 6) is -1.90. The number of amides is 1. The van der Waals surface area contributed by atoms with Crippen LogP contribution in [0.5, 0.6) is 0 Å². The lowest BCUT2D eigenvalue weighted by Crippen LogP contribution is -2.52. The maximum absolute atomic E-state index is 15.4. The molecule has 0 radical (unpaired) electrons. The third kappa shape index (κ3) is 7.70. The Morgan fingerprint density at radius 1 is 1.08 bits per heavy atom. The number of hydroxylamine groups is 1. The molecule has 1 fully saturated rings. The number of pyridine rings is 1. The number of carbonyl (C=O) groups excluding carboxylic acids is 1. The van der Waals surface area contributed by atoms with Gasteiger partial charge in [0.05, 0.1) is 11.4 Å². The molecular formula is C33H35F4N7O3S. The molecule has 1 unspecified atom stereocenters. The van der Waals surface area contributed by atoms with Gasteiger partial charge in [-0.25, -0.2) is 9.07 Å². The van der Waals surface area contributed by atoms with E-state index in [2.05, 4.69) is 20.1 Å². The quantitative estimate of drug-likeness (QED) is 0.0399. The van der Waals surface area contributed by atoms with E-state index in [1.807, 2.05) is 26.8 Å². The molecule has 1 aliphatic rings. The molecule has 0 aliphatic heterocycles. The monoisotopic (exact) mass is 685 g/mol. The number of amidine groups is 1. The molecule has 1 aliphatic carbocycles. The molecule has 1 saturated carbocycles. The van der Waals surface area contributed by atoms with Crippen LogP contribution in [0.15, 0.2) is 73.1 Å². The minimum Gasteiger partial charge on any atom is -0.598 e. The largest absolute Gasteiger partial charge is 0.598 e. The van der Waals surface area contributed by atoms with Gasteiger partial charge in [-0.3, -0.25) is 25.9 Å². The van der Waals surface area contributed by atoms with Crippen LogP contribution in [0.25, 0.3) is 5.69 Å². The fourth-order valence-electron chi connectivity index (χ4n) is 5.19. The summed E-state index contributed by atoms with van der Waals surface area (Å²) >= 11 is -1.60. The predicted molar refractivity (Wildman–Crippen MR) is 173 cm³/mol. The lowest BCUT2D eigenvalue weighted by molar-refractivity contribution is -0.141. The first-order valence-electron chi connectivity index (χ1n) is 15.1. The van der Waals surface area contributed by atoms with Gasteiger partial charge in [0.15, 0.2) is 5.69 Å². The van der Waals surface area contributed by atoms with Crippen molar-refractivity contribution in [1.82, 2.24) is 25.0 Å². The Morgan fingerprint density at radius 2 is 1.83 bits per heavy atom. The van der Waals surface area contributed by atoms with Gasteiger partial charge in [-0.2, -0.15) is 18.3 Å². The predicted octanol–water partition coefficient (Wildman–Crippen LogP) is 6.47. The van der Waals surface area contributed by atoms with Crippen molar-refractivity contribution < 1.29 is 32.1 Å². The number of aromatic nitrogens is 3. The van der Waals surface area contributed by atoms with E-state index in [4.69, 9.17) is 10.6 Å². The standard InChI is InChI=1S/C33H35F4N7O3S/c1-31(2,3)48(47)43-32(14-13-20-9-10-20,23-7-5-15-39-19-23)22-11-12-25(34)26(17-22)40-30(45)27-18-28(33(35,36)37)41-44(27)24-8-4-6-21(16-24)29(38)42-46/h4-8,11-12,15-20,43,46H,9-10,13-14H2,1-3H3,(H2,38,42)(H,40,45)/t32?,48-/m1/s1. The van der Waals surface area contributed by atoms with E-state index in [0.717, 1.165) is 30.0 Å². The summed E-state index contributed by atoms with van der Waals surface area (Å²) < 4.78 is 73.8. The third-order valence-corrected chi connectivity index (χ3v) is 9.68. The SMILES string of the molecule is CC(C)(C)[S@@+]([O-])NC(CCC1CC1)(c1cccnc1)c1ccc(F)c(NC(=O)c2cc(C(F)(F)F)nn2-c2cccc(C(=N)NO)c2)c1. The highest BCUT2D eigenvalue weighted by Gasteiger charge is 2.44. The summed E-state index contributed by atoms with van der Waals surface area (Å²) in [4.78, 5) is 17.9. The van der Waals surface area contributed by atoms with Crippen LogP contribution in [0.3, 0.4) is 0 Å². The van der Waals surface area contributed by atoms with Gasteiger partial charge in [0, 0.05) is 35.4 Å². The van der Waals surface area contributed by atoms with E-state index in [9.17, 15) is 22.5 Å². The summed E-state index contributed by atoms with van der Waals surface area (Å²) in [5, 5.41) is 22.9. The van der Waals surface area contributed by atoms with Crippen molar-refractivity contribution in [1.29, 1.82) is 5.41 Å². The maximum Gasteiger partial charge on any atom is 0.435 e. The normalized spacial score (nSPS) is 15.4. The van der Waals surface area contributed by atoms with Gasteiger partial charge in [-0.05, 0) is 81.0 Å². The molecule has 2 aromatic heterocycles. The Kier molecular flexibility index (Phi) is 9.97. The summed E-state index contributed by atoms with van der Waals surface area (Å²) in [5.41, 5.74) is -0.500. The lowest BCUT2D eigenvalue weighted by Gasteiger charge is -2.38. The average Bonchev–Trinajstić information content (AvgIpc) is 3.77. The number of hydrogen-bond acceptors (Lipinski definition) is 7. The first-order valence-corrected chi connectivity index (χ1v) is 16.3. The zero-order valence-electron chi connectivity index (χ0n) is 26.4.